The second-order valence-electron chi connectivity index (χ2n) is 39.6. The third-order valence-corrected chi connectivity index (χ3v) is 25.8. The van der Waals surface area contributed by atoms with Gasteiger partial charge in [-0.05, 0) is 197 Å². The van der Waals surface area contributed by atoms with Gasteiger partial charge in [-0.15, -0.1) is 0 Å². The molecule has 2 aliphatic heterocycles. The highest BCUT2D eigenvalue weighted by Crippen LogP contribution is 2.24. The zero-order valence-electron chi connectivity index (χ0n) is 88.1. The van der Waals surface area contributed by atoms with E-state index in [1.54, 1.807) is 83.1 Å². The smallest absolute Gasteiger partial charge is 0.326 e. The minimum Gasteiger partial charge on any atom is -0.481 e. The molecule has 0 aromatic heterocycles. The minimum absolute atomic E-state index is 0.0143. The van der Waals surface area contributed by atoms with Gasteiger partial charge in [0.2, 0.25) is 118 Å². The highest BCUT2D eigenvalue weighted by atomic mass is 16.4. The lowest BCUT2D eigenvalue weighted by molar-refractivity contribution is -0.143. The lowest BCUT2D eigenvalue weighted by Gasteiger charge is -2.31. The zero-order chi connectivity index (χ0) is 111. The molecular formula is C96H171N25O26. The molecule has 147 heavy (non-hydrogen) atoms. The third-order valence-electron chi connectivity index (χ3n) is 25.8. The summed E-state index contributed by atoms with van der Waals surface area (Å²) in [4.78, 5) is 305. The number of hydrogen-bond acceptors (Lipinski definition) is 29. The summed E-state index contributed by atoms with van der Waals surface area (Å²) in [5.74, 6) is -23.8. The largest absolute Gasteiger partial charge is 0.481 e. The van der Waals surface area contributed by atoms with Gasteiger partial charge in [0.05, 0.1) is 38.8 Å². The number of hydrogen-bond donors (Lipinski definition) is 27. The van der Waals surface area contributed by atoms with Crippen molar-refractivity contribution in [2.75, 3.05) is 65.6 Å². The molecule has 21 atom stereocenters. The van der Waals surface area contributed by atoms with Gasteiger partial charge >= 0.3 is 11.9 Å². The number of nitrogens with two attached hydrogens (primary N) is 6. The van der Waals surface area contributed by atoms with Crippen molar-refractivity contribution in [2.45, 2.75) is 367 Å². The van der Waals surface area contributed by atoms with Gasteiger partial charge in [0.25, 0.3) is 0 Å². The van der Waals surface area contributed by atoms with E-state index in [9.17, 15) is 126 Å². The van der Waals surface area contributed by atoms with Crippen LogP contribution < -0.4 is 125 Å². The molecule has 0 aromatic carbocycles. The monoisotopic (exact) mass is 2090 g/mol. The molecule has 51 nitrogen and oxygen atoms in total. The number of aliphatic carboxylic acids is 2. The van der Waals surface area contributed by atoms with E-state index in [1.807, 2.05) is 0 Å². The van der Waals surface area contributed by atoms with E-state index in [-0.39, 0.29) is 128 Å². The van der Waals surface area contributed by atoms with Crippen LogP contribution in [0.2, 0.25) is 0 Å². The molecule has 0 spiro atoms. The number of aliphatic hydroxyl groups excluding tert-OH is 2. The van der Waals surface area contributed by atoms with Gasteiger partial charge in [0, 0.05) is 19.5 Å². The SMILES string of the molecule is CC[C@H](C)[C@H](NC(=O)CNC(=O)[C@H](CCCCN)NC(=O)[C@H](CCCCN)NC(=O)[C@@H](NC(=O)[C@H](C)NC(=O)[C@@H]1CCCN1C(=O)[C@H](CO)NC(=O)CNC(=O)[C@@H]1CCCN1C(=O)[C@H](CC(C)C)NC(=O)[C@H](CO)NC(=O)[C@H](CCCCN)NC(=O)[C@@H](NC(=O)[C@@H](NC(=O)[C@H](CCC(=O)O)NC(=O)[C@H](CCCCN)NC(=O)[C@@H](NC(=O)[C@@H](N)CC(N)=O)[C@@H](C)CC)C(C)C)C(C)C)[C@@H](C)CC)C(=O)N[C@@H](CC(C)C)C(=O)O. The van der Waals surface area contributed by atoms with Crippen LogP contribution >= 0.6 is 0 Å². The molecule has 0 radical (unpaired) electrons. The molecular weight excluding hydrogens is 1920 g/mol. The first-order valence-corrected chi connectivity index (χ1v) is 51.5. The number of carboxylic acids is 2. The molecule has 0 aromatic rings. The van der Waals surface area contributed by atoms with Crippen molar-refractivity contribution in [2.24, 2.45) is 75.8 Å². The summed E-state index contributed by atoms with van der Waals surface area (Å²) in [5, 5.41) is 84.3. The second-order valence-corrected chi connectivity index (χ2v) is 39.6. The van der Waals surface area contributed by atoms with Crippen molar-refractivity contribution in [3.8, 4) is 0 Å². The molecule has 2 saturated heterocycles. The van der Waals surface area contributed by atoms with Crippen LogP contribution in [0.5, 0.6) is 0 Å². The number of nitrogens with one attached hydrogen (secondary N) is 17. The Labute approximate surface area is 860 Å². The number of aliphatic hydroxyl groups is 2. The van der Waals surface area contributed by atoms with Crippen LogP contribution in [0.15, 0.2) is 0 Å². The molecule has 2 aliphatic rings. The maximum atomic E-state index is 14.7. The number of primary amides is 1. The van der Waals surface area contributed by atoms with Crippen LogP contribution in [0.4, 0.5) is 0 Å². The van der Waals surface area contributed by atoms with E-state index >= 15 is 0 Å². The molecule has 0 aliphatic carbocycles. The number of carbonyl (C=O) groups is 22. The Bertz CT molecular complexity index is 4340. The molecule has 33 N–H and O–H groups in total. The lowest BCUT2D eigenvalue weighted by Crippen LogP contribution is -2.62. The van der Waals surface area contributed by atoms with Crippen LogP contribution in [0.25, 0.3) is 0 Å². The standard InChI is InChI=1S/C96H171N25O26/c1-16-54(12)76(91(141)113-65(96(146)147)44-51(6)7)115-72(126)47-103-81(131)59(29-19-23-37-97)107-82(132)60(30-20-24-38-98)110-92(142)77(55(13)17-2)118-79(129)57(15)105-88(138)69-34-28-42-121(69)95(145)67(49-123)106-71(125)46-104-87(137)68-33-27-41-120(68)94(144)64(43-50(4)5)112-86(136)66(48-122)114-84(134)62(32-22-26-40-100)109-89(139)74(52(8)9)117-90(140)75(53(10)11)116-85(135)63(35-36-73(127)128)108-83(133)61(31-21-25-39-99)111-93(143)78(56(14)18-3)119-80(130)58(101)45-70(102)124/h50-69,74-78,122-123H,16-49,97-101H2,1-15H3,(H2,102,124)(H,103,131)(H,104,137)(H,105,138)(H,106,125)(H,107,132)(H,108,133)(H,109,139)(H,110,142)(H,111,143)(H,112,136)(H,113,141)(H,114,134)(H,115,126)(H,116,135)(H,117,140)(H,118,129)(H,119,130)(H,127,128)(H,146,147)/t54-,55-,56-,57-,58-,59-,60-,61-,62-,63-,64-,65-,66-,67-,68-,69-,74-,75-,76-,77-,78-/m0/s1. The summed E-state index contributed by atoms with van der Waals surface area (Å²) in [5.41, 5.74) is 34.2. The zero-order valence-corrected chi connectivity index (χ0v) is 88.1. The van der Waals surface area contributed by atoms with Crippen molar-refractivity contribution in [1.82, 2.24) is 100 Å². The Balaban J connectivity index is 2.30. The number of unbranched alkanes of at least 4 members (excludes halogenated alkanes) is 4. The maximum absolute atomic E-state index is 14.7. The topological polar surface area (TPSA) is 824 Å². The minimum atomic E-state index is -1.79. The van der Waals surface area contributed by atoms with Crippen LogP contribution in [0.3, 0.4) is 0 Å². The number of nitrogens with zero attached hydrogens (tertiary/aromatic N) is 2. The van der Waals surface area contributed by atoms with E-state index in [0.717, 1.165) is 4.90 Å². The molecule has 0 saturated carbocycles. The number of likely N-dealkylation sites (tertiary alicyclic amines) is 2. The van der Waals surface area contributed by atoms with Crippen LogP contribution in [0.1, 0.15) is 258 Å². The number of carboxylic acid groups (broad SMARTS) is 2. The molecule has 0 bridgehead atoms. The van der Waals surface area contributed by atoms with E-state index in [2.05, 4.69) is 90.4 Å². The van der Waals surface area contributed by atoms with Crippen LogP contribution in [-0.4, -0.2) is 335 Å². The summed E-state index contributed by atoms with van der Waals surface area (Å²) in [7, 11) is 0. The van der Waals surface area contributed by atoms with Crippen molar-refractivity contribution in [3.63, 3.8) is 0 Å². The van der Waals surface area contributed by atoms with Crippen LogP contribution in [0, 0.1) is 41.4 Å². The van der Waals surface area contributed by atoms with Gasteiger partial charge in [-0.1, -0.05) is 116 Å². The predicted octanol–water partition coefficient (Wildman–Crippen LogP) is -6.31. The summed E-state index contributed by atoms with van der Waals surface area (Å²) < 4.78 is 0. The fraction of sp³-hybridized carbons (Fsp3) is 0.771. The Morgan fingerprint density at radius 2 is 0.653 bits per heavy atom. The second kappa shape index (κ2) is 68.6. The lowest BCUT2D eigenvalue weighted by atomic mass is 9.96. The molecule has 51 heteroatoms. The first-order chi connectivity index (χ1) is 69.3. The van der Waals surface area contributed by atoms with Gasteiger partial charge in [-0.3, -0.25) is 101 Å². The number of amides is 20. The van der Waals surface area contributed by atoms with E-state index in [1.165, 1.54) is 25.7 Å². The summed E-state index contributed by atoms with van der Waals surface area (Å²) in [6, 6.07) is -25.3. The van der Waals surface area contributed by atoms with Crippen molar-refractivity contribution < 1.29 is 126 Å². The van der Waals surface area contributed by atoms with E-state index < -0.39 is 314 Å². The molecule has 2 heterocycles. The first-order valence-electron chi connectivity index (χ1n) is 51.5. The number of rotatable bonds is 72. The van der Waals surface area contributed by atoms with Gasteiger partial charge < -0.3 is 155 Å². The van der Waals surface area contributed by atoms with E-state index in [4.69, 9.17) is 34.4 Å². The summed E-state index contributed by atoms with van der Waals surface area (Å²) in [6.45, 7) is 22.0. The Hall–Kier alpha value is -11.9. The molecule has 20 amide bonds. The van der Waals surface area contributed by atoms with Crippen molar-refractivity contribution in [3.05, 3.63) is 0 Å². The molecule has 0 unspecified atom stereocenters. The molecule has 836 valence electrons. The van der Waals surface area contributed by atoms with Gasteiger partial charge in [0.1, 0.15) is 103 Å². The Kier molecular flexibility index (Phi) is 61.2. The van der Waals surface area contributed by atoms with Gasteiger partial charge in [-0.2, -0.15) is 0 Å². The van der Waals surface area contributed by atoms with Gasteiger partial charge in [0.15, 0.2) is 0 Å². The molecule has 2 fully saturated rings. The van der Waals surface area contributed by atoms with Crippen molar-refractivity contribution in [1.29, 1.82) is 0 Å². The van der Waals surface area contributed by atoms with Crippen LogP contribution in [-0.2, 0) is 105 Å². The Morgan fingerprint density at radius 3 is 1.05 bits per heavy atom. The number of carbonyl (C=O) groups excluding carboxylic acids is 20. The third kappa shape index (κ3) is 46.2. The first kappa shape index (κ1) is 131. The quantitative estimate of drug-likeness (QED) is 0.0252. The fourth-order valence-electron chi connectivity index (χ4n) is 16.4. The van der Waals surface area contributed by atoms with Crippen molar-refractivity contribution >= 4 is 130 Å². The Morgan fingerprint density at radius 1 is 0.333 bits per heavy atom. The summed E-state index contributed by atoms with van der Waals surface area (Å²) >= 11 is 0. The summed E-state index contributed by atoms with van der Waals surface area (Å²) in [6.07, 6.45) is 2.65. The predicted molar refractivity (Wildman–Crippen MR) is 539 cm³/mol. The highest BCUT2D eigenvalue weighted by molar-refractivity contribution is 6.02. The normalized spacial score (nSPS) is 17.3. The maximum Gasteiger partial charge on any atom is 0.326 e. The average Bonchev–Trinajstić information content (AvgIpc) is 1.71. The highest BCUT2D eigenvalue weighted by Gasteiger charge is 2.45. The van der Waals surface area contributed by atoms with Gasteiger partial charge in [-0.25, -0.2) is 4.79 Å². The molecule has 2 rings (SSSR count). The fourth-order valence-corrected chi connectivity index (χ4v) is 16.4. The van der Waals surface area contributed by atoms with E-state index in [0.29, 0.717) is 57.8 Å². The average molecular weight is 2090 g/mol.